The Morgan fingerprint density at radius 2 is 1.91 bits per heavy atom. The summed E-state index contributed by atoms with van der Waals surface area (Å²) >= 11 is 1.40. The van der Waals surface area contributed by atoms with Crippen molar-refractivity contribution in [2.75, 3.05) is 49.2 Å². The smallest absolute Gasteiger partial charge is 0.273 e. The summed E-state index contributed by atoms with van der Waals surface area (Å²) < 4.78 is 11.3. The lowest BCUT2D eigenvalue weighted by Gasteiger charge is -2.36. The molecule has 0 atom stereocenters. The van der Waals surface area contributed by atoms with Gasteiger partial charge in [-0.05, 0) is 43.7 Å². The van der Waals surface area contributed by atoms with E-state index in [0.717, 1.165) is 40.8 Å². The number of aromatic nitrogens is 1. The van der Waals surface area contributed by atoms with Gasteiger partial charge in [-0.15, -0.1) is 11.3 Å². The minimum absolute atomic E-state index is 0.00390. The summed E-state index contributed by atoms with van der Waals surface area (Å²) in [5.74, 6) is 1.37. The first kappa shape index (κ1) is 23.2. The number of aryl methyl sites for hydroxylation is 1. The third kappa shape index (κ3) is 4.81. The highest BCUT2D eigenvalue weighted by Gasteiger charge is 2.28. The van der Waals surface area contributed by atoms with E-state index in [4.69, 9.17) is 9.47 Å². The Bertz CT molecular complexity index is 1240. The molecular formula is C26H28N4O4S. The van der Waals surface area contributed by atoms with Gasteiger partial charge in [0.2, 0.25) is 0 Å². The van der Waals surface area contributed by atoms with Gasteiger partial charge in [0, 0.05) is 31.6 Å². The molecule has 5 rings (SSSR count). The Balaban J connectivity index is 1.24. The molecule has 8 nitrogen and oxygen atoms in total. The molecule has 1 fully saturated rings. The van der Waals surface area contributed by atoms with E-state index in [0.29, 0.717) is 37.7 Å². The number of piperazine rings is 1. The van der Waals surface area contributed by atoms with Gasteiger partial charge in [0.25, 0.3) is 11.8 Å². The SMILES string of the molecule is CCOc1ccccc1N1CCN(C(=O)c2csc(CN3C(=O)COc4ccc(C)cc43)n2)CC1. The maximum Gasteiger partial charge on any atom is 0.273 e. The summed E-state index contributed by atoms with van der Waals surface area (Å²) in [7, 11) is 0. The third-order valence-corrected chi connectivity index (χ3v) is 7.03. The van der Waals surface area contributed by atoms with Crippen LogP contribution in [-0.2, 0) is 11.3 Å². The van der Waals surface area contributed by atoms with E-state index < -0.39 is 0 Å². The zero-order valence-corrected chi connectivity index (χ0v) is 20.7. The van der Waals surface area contributed by atoms with Crippen molar-refractivity contribution in [1.29, 1.82) is 0 Å². The number of nitrogens with zero attached hydrogens (tertiary/aromatic N) is 4. The number of hydrogen-bond acceptors (Lipinski definition) is 7. The van der Waals surface area contributed by atoms with Gasteiger partial charge in [-0.2, -0.15) is 0 Å². The van der Waals surface area contributed by atoms with Crippen LogP contribution in [0.1, 0.15) is 28.0 Å². The zero-order valence-electron chi connectivity index (χ0n) is 19.9. The van der Waals surface area contributed by atoms with Crippen LogP contribution in [0.2, 0.25) is 0 Å². The summed E-state index contributed by atoms with van der Waals surface area (Å²) in [5.41, 5.74) is 3.28. The predicted octanol–water partition coefficient (Wildman–Crippen LogP) is 3.74. The van der Waals surface area contributed by atoms with Gasteiger partial charge >= 0.3 is 0 Å². The van der Waals surface area contributed by atoms with Crippen molar-refractivity contribution < 1.29 is 19.1 Å². The lowest BCUT2D eigenvalue weighted by atomic mass is 10.1. The molecule has 35 heavy (non-hydrogen) atoms. The zero-order chi connectivity index (χ0) is 24.4. The van der Waals surface area contributed by atoms with Gasteiger partial charge in [0.15, 0.2) is 6.61 Å². The van der Waals surface area contributed by atoms with Gasteiger partial charge in [0.05, 0.1) is 24.5 Å². The summed E-state index contributed by atoms with van der Waals surface area (Å²) in [4.78, 5) is 36.1. The number of amides is 2. The maximum atomic E-state index is 13.2. The van der Waals surface area contributed by atoms with E-state index >= 15 is 0 Å². The number of hydrogen-bond donors (Lipinski definition) is 0. The Morgan fingerprint density at radius 3 is 2.71 bits per heavy atom. The summed E-state index contributed by atoms with van der Waals surface area (Å²) in [6.45, 7) is 7.57. The molecule has 0 bridgehead atoms. The van der Waals surface area contributed by atoms with E-state index in [1.54, 1.807) is 10.3 Å². The summed E-state index contributed by atoms with van der Waals surface area (Å²) in [6, 6.07) is 13.8. The molecule has 1 saturated heterocycles. The first-order valence-corrected chi connectivity index (χ1v) is 12.7. The number of carbonyl (C=O) groups is 2. The average Bonchev–Trinajstić information content (AvgIpc) is 3.35. The van der Waals surface area contributed by atoms with Crippen molar-refractivity contribution in [3.8, 4) is 11.5 Å². The molecule has 2 aliphatic rings. The number of anilines is 2. The molecule has 0 radical (unpaired) electrons. The molecule has 3 heterocycles. The Morgan fingerprint density at radius 1 is 1.11 bits per heavy atom. The fourth-order valence-electron chi connectivity index (χ4n) is 4.41. The minimum atomic E-state index is -0.116. The molecule has 2 aliphatic heterocycles. The molecule has 0 saturated carbocycles. The molecule has 9 heteroatoms. The number of thiazole rings is 1. The van der Waals surface area contributed by atoms with Gasteiger partial charge in [-0.25, -0.2) is 4.98 Å². The van der Waals surface area contributed by atoms with E-state index in [1.165, 1.54) is 11.3 Å². The van der Waals surface area contributed by atoms with Crippen molar-refractivity contribution in [2.24, 2.45) is 0 Å². The molecule has 2 amide bonds. The largest absolute Gasteiger partial charge is 0.492 e. The Kier molecular flexibility index (Phi) is 6.59. The molecule has 1 aromatic heterocycles. The molecule has 0 aliphatic carbocycles. The normalized spacial score (nSPS) is 15.6. The first-order chi connectivity index (χ1) is 17.0. The van der Waals surface area contributed by atoms with Crippen LogP contribution in [-0.4, -0.2) is 61.1 Å². The van der Waals surface area contributed by atoms with E-state index in [-0.39, 0.29) is 18.4 Å². The molecule has 3 aromatic rings. The molecular weight excluding hydrogens is 464 g/mol. The van der Waals surface area contributed by atoms with Gasteiger partial charge in [-0.1, -0.05) is 18.2 Å². The van der Waals surface area contributed by atoms with Crippen molar-refractivity contribution in [2.45, 2.75) is 20.4 Å². The molecule has 2 aromatic carbocycles. The quantitative estimate of drug-likeness (QED) is 0.522. The van der Waals surface area contributed by atoms with E-state index in [2.05, 4.69) is 16.0 Å². The highest BCUT2D eigenvalue weighted by atomic mass is 32.1. The van der Waals surface area contributed by atoms with Gasteiger partial charge < -0.3 is 19.3 Å². The molecule has 182 valence electrons. The maximum absolute atomic E-state index is 13.2. The second kappa shape index (κ2) is 9.95. The van der Waals surface area contributed by atoms with Crippen LogP contribution >= 0.6 is 11.3 Å². The summed E-state index contributed by atoms with van der Waals surface area (Å²) in [5, 5.41) is 2.51. The highest BCUT2D eigenvalue weighted by molar-refractivity contribution is 7.09. The van der Waals surface area contributed by atoms with Crippen molar-refractivity contribution in [3.63, 3.8) is 0 Å². The Hall–Kier alpha value is -3.59. The second-order valence-electron chi connectivity index (χ2n) is 8.55. The van der Waals surface area contributed by atoms with Crippen LogP contribution in [0.4, 0.5) is 11.4 Å². The van der Waals surface area contributed by atoms with Crippen molar-refractivity contribution in [3.05, 3.63) is 64.1 Å². The number of ether oxygens (including phenoxy) is 2. The topological polar surface area (TPSA) is 75.2 Å². The second-order valence-corrected chi connectivity index (χ2v) is 9.49. The minimum Gasteiger partial charge on any atom is -0.492 e. The van der Waals surface area contributed by atoms with Crippen LogP contribution < -0.4 is 19.3 Å². The fourth-order valence-corrected chi connectivity index (χ4v) is 5.17. The predicted molar refractivity (Wildman–Crippen MR) is 136 cm³/mol. The van der Waals surface area contributed by atoms with Crippen LogP contribution in [0.25, 0.3) is 0 Å². The fraction of sp³-hybridized carbons (Fsp3) is 0.346. The first-order valence-electron chi connectivity index (χ1n) is 11.8. The van der Waals surface area contributed by atoms with E-state index in [1.807, 2.05) is 55.1 Å². The lowest BCUT2D eigenvalue weighted by Crippen LogP contribution is -2.49. The number of benzene rings is 2. The molecule has 0 unspecified atom stereocenters. The number of fused-ring (bicyclic) bond motifs is 1. The van der Waals surface area contributed by atoms with Crippen LogP contribution in [0, 0.1) is 6.92 Å². The highest BCUT2D eigenvalue weighted by Crippen LogP contribution is 2.34. The monoisotopic (exact) mass is 492 g/mol. The average molecular weight is 493 g/mol. The Labute approximate surface area is 208 Å². The van der Waals surface area contributed by atoms with Gasteiger partial charge in [0.1, 0.15) is 22.2 Å². The standard InChI is InChI=1S/C26H28N4O4S/c1-3-33-22-7-5-4-6-20(22)28-10-12-29(13-11-28)26(32)19-17-35-24(27-19)15-30-21-14-18(2)8-9-23(21)34-16-25(30)31/h4-9,14,17H,3,10-13,15-16H2,1-2H3. The van der Waals surface area contributed by atoms with Crippen LogP contribution in [0.15, 0.2) is 47.8 Å². The van der Waals surface area contributed by atoms with Crippen LogP contribution in [0.5, 0.6) is 11.5 Å². The van der Waals surface area contributed by atoms with Crippen molar-refractivity contribution >= 4 is 34.5 Å². The summed E-state index contributed by atoms with van der Waals surface area (Å²) in [6.07, 6.45) is 0. The third-order valence-electron chi connectivity index (χ3n) is 6.19. The number of carbonyl (C=O) groups excluding carboxylic acids is 2. The number of para-hydroxylation sites is 2. The molecule has 0 spiro atoms. The lowest BCUT2D eigenvalue weighted by molar-refractivity contribution is -0.121. The van der Waals surface area contributed by atoms with E-state index in [9.17, 15) is 9.59 Å². The van der Waals surface area contributed by atoms with Gasteiger partial charge in [-0.3, -0.25) is 14.5 Å². The number of rotatable bonds is 6. The van der Waals surface area contributed by atoms with Crippen molar-refractivity contribution in [1.82, 2.24) is 9.88 Å². The molecule has 0 N–H and O–H groups in total. The van der Waals surface area contributed by atoms with Crippen LogP contribution in [0.3, 0.4) is 0 Å².